The lowest BCUT2D eigenvalue weighted by Crippen LogP contribution is -2.34. The number of hydrogen-bond acceptors (Lipinski definition) is 6. The van der Waals surface area contributed by atoms with Crippen LogP contribution in [0.15, 0.2) is 80.3 Å². The lowest BCUT2D eigenvalue weighted by atomic mass is 10.1. The molecule has 12 heteroatoms. The number of carbonyl (C=O) groups is 4. The predicted octanol–water partition coefficient (Wildman–Crippen LogP) is 5.48. The highest BCUT2D eigenvalue weighted by molar-refractivity contribution is 9.10. The Balaban J connectivity index is 1.49. The predicted molar refractivity (Wildman–Crippen MR) is 150 cm³/mol. The second-order valence-corrected chi connectivity index (χ2v) is 10.0. The van der Waals surface area contributed by atoms with Crippen molar-refractivity contribution in [1.82, 2.24) is 5.32 Å². The minimum Gasteiger partial charge on any atom is -0.465 e. The van der Waals surface area contributed by atoms with Gasteiger partial charge in [0.1, 0.15) is 11.5 Å². The highest BCUT2D eigenvalue weighted by Crippen LogP contribution is 2.36. The van der Waals surface area contributed by atoms with Crippen molar-refractivity contribution in [3.05, 3.63) is 97.5 Å². The van der Waals surface area contributed by atoms with Gasteiger partial charge in [-0.3, -0.25) is 19.3 Å². The normalized spacial score (nSPS) is 14.1. The third-order valence-electron chi connectivity index (χ3n) is 5.57. The first-order valence-corrected chi connectivity index (χ1v) is 12.9. The van der Waals surface area contributed by atoms with Crippen LogP contribution in [-0.4, -0.2) is 30.8 Å². The molecule has 2 heterocycles. The molecule has 0 atom stereocenters. The number of nitrogens with zero attached hydrogens (tertiary/aromatic N) is 1. The van der Waals surface area contributed by atoms with Crippen molar-refractivity contribution in [3.63, 3.8) is 0 Å². The van der Waals surface area contributed by atoms with Crippen LogP contribution in [0.2, 0.25) is 10.0 Å². The molecule has 0 saturated heterocycles. The van der Waals surface area contributed by atoms with E-state index >= 15 is 0 Å². The van der Waals surface area contributed by atoms with Gasteiger partial charge in [-0.1, -0.05) is 45.2 Å². The van der Waals surface area contributed by atoms with E-state index in [4.69, 9.17) is 32.4 Å². The summed E-state index contributed by atoms with van der Waals surface area (Å²) in [6.45, 7) is 1.54. The van der Waals surface area contributed by atoms with E-state index in [1.54, 1.807) is 37.3 Å². The van der Waals surface area contributed by atoms with Crippen molar-refractivity contribution in [2.24, 2.45) is 0 Å². The summed E-state index contributed by atoms with van der Waals surface area (Å²) < 4.78 is 11.4. The molecule has 0 bridgehead atoms. The first kappa shape index (κ1) is 28.2. The number of benzene rings is 2. The summed E-state index contributed by atoms with van der Waals surface area (Å²) in [4.78, 5) is 51.8. The number of nitrogens with one attached hydrogen (secondary N) is 2. The van der Waals surface area contributed by atoms with Gasteiger partial charge in [-0.05, 0) is 61.5 Å². The summed E-state index contributed by atoms with van der Waals surface area (Å²) in [5.74, 6) is -2.38. The molecular weight excluding hydrogens is 613 g/mol. The maximum absolute atomic E-state index is 13.4. The monoisotopic (exact) mass is 631 g/mol. The Kier molecular flexibility index (Phi) is 8.59. The maximum atomic E-state index is 13.4. The Labute approximate surface area is 241 Å². The van der Waals surface area contributed by atoms with Gasteiger partial charge in [-0.25, -0.2) is 4.79 Å². The molecule has 0 unspecified atom stereocenters. The first-order chi connectivity index (χ1) is 18.6. The molecular formula is C27H20BrCl2N3O6. The topological polar surface area (TPSA) is 118 Å². The van der Waals surface area contributed by atoms with Crippen molar-refractivity contribution < 1.29 is 28.3 Å². The molecule has 1 aliphatic rings. The summed E-state index contributed by atoms with van der Waals surface area (Å²) >= 11 is 15.2. The number of esters is 1. The maximum Gasteiger partial charge on any atom is 0.340 e. The lowest BCUT2D eigenvalue weighted by molar-refractivity contribution is -0.136. The average molecular weight is 633 g/mol. The van der Waals surface area contributed by atoms with E-state index in [-0.39, 0.29) is 29.1 Å². The molecule has 0 saturated carbocycles. The van der Waals surface area contributed by atoms with Crippen LogP contribution in [0.25, 0.3) is 6.08 Å². The van der Waals surface area contributed by atoms with Gasteiger partial charge in [-0.15, -0.1) is 0 Å². The zero-order valence-electron chi connectivity index (χ0n) is 20.5. The number of halogens is 3. The summed E-state index contributed by atoms with van der Waals surface area (Å²) in [6.07, 6.45) is 1.43. The number of ether oxygens (including phenoxy) is 1. The molecule has 39 heavy (non-hydrogen) atoms. The molecule has 0 spiro atoms. The van der Waals surface area contributed by atoms with Crippen LogP contribution < -0.4 is 15.5 Å². The van der Waals surface area contributed by atoms with Gasteiger partial charge in [-0.2, -0.15) is 0 Å². The SMILES string of the molecule is COC(=O)C1=C(C)N(c2cccc(Br)c2)C(=O)/C1=C/c1ccc(CNC(=O)C(=O)Nc2cc(Cl)cc(Cl)c2)o1. The lowest BCUT2D eigenvalue weighted by Gasteiger charge is -2.18. The number of allylic oxidation sites excluding steroid dienone is 1. The number of rotatable bonds is 6. The molecule has 4 rings (SSSR count). The highest BCUT2D eigenvalue weighted by Gasteiger charge is 2.38. The first-order valence-electron chi connectivity index (χ1n) is 11.3. The zero-order valence-corrected chi connectivity index (χ0v) is 23.6. The van der Waals surface area contributed by atoms with Gasteiger partial charge in [0.2, 0.25) is 0 Å². The van der Waals surface area contributed by atoms with Crippen molar-refractivity contribution >= 4 is 80.3 Å². The largest absolute Gasteiger partial charge is 0.465 e. The van der Waals surface area contributed by atoms with Crippen molar-refractivity contribution in [1.29, 1.82) is 0 Å². The number of carbonyl (C=O) groups excluding carboxylic acids is 4. The quantitative estimate of drug-likeness (QED) is 0.211. The number of hydrogen-bond donors (Lipinski definition) is 2. The van der Waals surface area contributed by atoms with Crippen LogP contribution in [0, 0.1) is 0 Å². The molecule has 3 amide bonds. The Morgan fingerprint density at radius 2 is 1.77 bits per heavy atom. The van der Waals surface area contributed by atoms with Gasteiger partial charge >= 0.3 is 17.8 Å². The summed E-state index contributed by atoms with van der Waals surface area (Å²) in [5, 5.41) is 5.46. The molecule has 2 aromatic carbocycles. The van der Waals surface area contributed by atoms with Crippen molar-refractivity contribution in [2.45, 2.75) is 13.5 Å². The molecule has 2 N–H and O–H groups in total. The Morgan fingerprint density at radius 3 is 2.44 bits per heavy atom. The van der Waals surface area contributed by atoms with E-state index < -0.39 is 23.7 Å². The van der Waals surface area contributed by atoms with Gasteiger partial charge in [0.05, 0.1) is 30.5 Å². The molecule has 9 nitrogen and oxygen atoms in total. The van der Waals surface area contributed by atoms with Gasteiger partial charge in [0.25, 0.3) is 5.91 Å². The Hall–Kier alpha value is -3.86. The van der Waals surface area contributed by atoms with E-state index in [1.807, 2.05) is 6.07 Å². The average Bonchev–Trinajstić information content (AvgIpc) is 3.42. The number of methoxy groups -OCH3 is 1. The third-order valence-corrected chi connectivity index (χ3v) is 6.50. The molecule has 1 aliphatic heterocycles. The van der Waals surface area contributed by atoms with Crippen molar-refractivity contribution in [2.75, 3.05) is 17.3 Å². The van der Waals surface area contributed by atoms with Crippen LogP contribution in [0.5, 0.6) is 0 Å². The van der Waals surface area contributed by atoms with E-state index in [0.29, 0.717) is 27.2 Å². The van der Waals surface area contributed by atoms with Crippen LogP contribution >= 0.6 is 39.1 Å². The molecule has 0 fully saturated rings. The van der Waals surface area contributed by atoms with E-state index in [2.05, 4.69) is 26.6 Å². The summed E-state index contributed by atoms with van der Waals surface area (Å²) in [6, 6.07) is 14.6. The fourth-order valence-corrected chi connectivity index (χ4v) is 4.79. The fourth-order valence-electron chi connectivity index (χ4n) is 3.88. The molecule has 1 aromatic heterocycles. The Bertz CT molecular complexity index is 1540. The summed E-state index contributed by atoms with van der Waals surface area (Å²) in [7, 11) is 1.23. The molecule has 200 valence electrons. The van der Waals surface area contributed by atoms with Crippen LogP contribution in [-0.2, 0) is 30.5 Å². The fraction of sp³-hybridized carbons (Fsp3) is 0.111. The Morgan fingerprint density at radius 1 is 1.05 bits per heavy atom. The van der Waals surface area contributed by atoms with Gasteiger partial charge in [0.15, 0.2) is 0 Å². The molecule has 0 aliphatic carbocycles. The zero-order chi connectivity index (χ0) is 28.3. The standard InChI is InChI=1S/C27H20BrCl2N3O6/c1-14-23(27(37)38-2)22(26(36)33(14)19-5-3-4-15(28)8-19)12-20-6-7-21(39-20)13-31-24(34)25(35)32-18-10-16(29)9-17(30)11-18/h3-12H,13H2,1-2H3,(H,31,34)(H,32,35)/b22-12+. The second kappa shape index (κ2) is 11.9. The molecule has 0 radical (unpaired) electrons. The van der Waals surface area contributed by atoms with Crippen molar-refractivity contribution in [3.8, 4) is 0 Å². The van der Waals surface area contributed by atoms with E-state index in [1.165, 1.54) is 36.3 Å². The van der Waals surface area contributed by atoms with Crippen LogP contribution in [0.3, 0.4) is 0 Å². The minimum absolute atomic E-state index is 0.0869. The number of amides is 3. The smallest absolute Gasteiger partial charge is 0.340 e. The summed E-state index contributed by atoms with van der Waals surface area (Å²) in [5.41, 5.74) is 1.43. The minimum atomic E-state index is -0.922. The third kappa shape index (κ3) is 6.42. The van der Waals surface area contributed by atoms with E-state index in [0.717, 1.165) is 4.47 Å². The molecule has 3 aromatic rings. The van der Waals surface area contributed by atoms with Gasteiger partial charge < -0.3 is 19.8 Å². The second-order valence-electron chi connectivity index (χ2n) is 8.23. The van der Waals surface area contributed by atoms with Crippen LogP contribution in [0.1, 0.15) is 18.4 Å². The highest BCUT2D eigenvalue weighted by atomic mass is 79.9. The number of furan rings is 1. The number of anilines is 2. The van der Waals surface area contributed by atoms with E-state index in [9.17, 15) is 19.2 Å². The van der Waals surface area contributed by atoms with Crippen LogP contribution in [0.4, 0.5) is 11.4 Å². The van der Waals surface area contributed by atoms with Gasteiger partial charge in [0, 0.05) is 25.9 Å².